The summed E-state index contributed by atoms with van der Waals surface area (Å²) in [6, 6.07) is 3.88. The summed E-state index contributed by atoms with van der Waals surface area (Å²) >= 11 is 0. The Kier molecular flexibility index (Phi) is 7.98. The van der Waals surface area contributed by atoms with Crippen LogP contribution in [0, 0.1) is 24.6 Å². The fourth-order valence-electron chi connectivity index (χ4n) is 5.34. The van der Waals surface area contributed by atoms with E-state index < -0.39 is 0 Å². The van der Waals surface area contributed by atoms with Crippen molar-refractivity contribution in [3.63, 3.8) is 0 Å². The Morgan fingerprint density at radius 2 is 1.85 bits per heavy atom. The van der Waals surface area contributed by atoms with Crippen LogP contribution in [0.3, 0.4) is 0 Å². The fourth-order valence-corrected chi connectivity index (χ4v) is 5.34. The number of pyridine rings is 1. The summed E-state index contributed by atoms with van der Waals surface area (Å²) < 4.78 is 15.0. The number of aromatic nitrogens is 1. The van der Waals surface area contributed by atoms with Crippen LogP contribution in [0.4, 0.5) is 4.39 Å². The molecule has 0 N–H and O–H groups in total. The van der Waals surface area contributed by atoms with Gasteiger partial charge in [-0.05, 0) is 73.3 Å². The van der Waals surface area contributed by atoms with Crippen molar-refractivity contribution in [1.29, 1.82) is 0 Å². The molecule has 1 aromatic carbocycles. The Morgan fingerprint density at radius 3 is 2.45 bits per heavy atom. The van der Waals surface area contributed by atoms with Crippen molar-refractivity contribution in [2.75, 3.05) is 0 Å². The number of aryl methyl sites for hydroxylation is 1. The topological polar surface area (TPSA) is 12.9 Å². The first-order valence-electron chi connectivity index (χ1n) is 12.8. The van der Waals surface area contributed by atoms with Gasteiger partial charge in [-0.15, -0.1) is 0 Å². The standard InChI is InChI=1S/C25H28FN.C6H14/c1-6-7-8-9-17-11-10-15(2)22-20(17)24-21-18(12-13-27-24)23(26)16(3)14-19(21)25(22,4)5;1-4-6(3)5-2/h7-8,10,12-14,17H,6,9,11H2,1-5H3;6H,4-5H2,1-3H3. The van der Waals surface area contributed by atoms with Gasteiger partial charge in [0.05, 0.1) is 5.69 Å². The first-order chi connectivity index (χ1) is 15.7. The number of hydrogen-bond donors (Lipinski definition) is 0. The van der Waals surface area contributed by atoms with E-state index in [4.69, 9.17) is 4.98 Å². The first kappa shape index (κ1) is 25.4. The zero-order valence-electron chi connectivity index (χ0n) is 22.0. The van der Waals surface area contributed by atoms with Gasteiger partial charge in [-0.25, -0.2) is 4.39 Å². The van der Waals surface area contributed by atoms with Crippen molar-refractivity contribution < 1.29 is 4.39 Å². The molecule has 0 saturated heterocycles. The quantitative estimate of drug-likeness (QED) is 0.416. The van der Waals surface area contributed by atoms with Crippen molar-refractivity contribution in [3.05, 3.63) is 70.3 Å². The molecule has 1 heterocycles. The Balaban J connectivity index is 0.000000454. The molecule has 1 nitrogen and oxygen atoms in total. The lowest BCUT2D eigenvalue weighted by molar-refractivity contribution is 0.544. The van der Waals surface area contributed by atoms with E-state index in [9.17, 15) is 4.39 Å². The molecule has 0 saturated carbocycles. The maximum absolute atomic E-state index is 15.0. The molecule has 2 aromatic rings. The van der Waals surface area contributed by atoms with Crippen molar-refractivity contribution in [3.8, 4) is 0 Å². The lowest BCUT2D eigenvalue weighted by Crippen LogP contribution is -2.30. The van der Waals surface area contributed by atoms with E-state index in [2.05, 4.69) is 66.7 Å². The van der Waals surface area contributed by atoms with Gasteiger partial charge in [-0.3, -0.25) is 4.98 Å². The van der Waals surface area contributed by atoms with Gasteiger partial charge in [0, 0.05) is 22.4 Å². The molecule has 2 heteroatoms. The monoisotopic (exact) mass is 447 g/mol. The van der Waals surface area contributed by atoms with Gasteiger partial charge < -0.3 is 0 Å². The normalized spacial score (nSPS) is 19.0. The summed E-state index contributed by atoms with van der Waals surface area (Å²) in [5.41, 5.74) is 6.83. The summed E-state index contributed by atoms with van der Waals surface area (Å²) in [7, 11) is 0. The molecule has 1 atom stereocenters. The lowest BCUT2D eigenvalue weighted by atomic mass is 9.62. The second-order valence-corrected chi connectivity index (χ2v) is 10.4. The zero-order valence-corrected chi connectivity index (χ0v) is 22.0. The highest BCUT2D eigenvalue weighted by Gasteiger charge is 2.40. The lowest BCUT2D eigenvalue weighted by Gasteiger charge is -2.41. The predicted molar refractivity (Wildman–Crippen MR) is 142 cm³/mol. The number of nitrogens with zero attached hydrogens (tertiary/aromatic N) is 1. The van der Waals surface area contributed by atoms with Gasteiger partial charge in [-0.1, -0.05) is 84.3 Å². The summed E-state index contributed by atoms with van der Waals surface area (Å²) in [5, 5.41) is 1.73. The van der Waals surface area contributed by atoms with Crippen molar-refractivity contribution >= 4 is 16.3 Å². The molecule has 0 amide bonds. The van der Waals surface area contributed by atoms with Crippen LogP contribution in [-0.4, -0.2) is 4.98 Å². The number of fused-ring (bicyclic) bond motifs is 1. The Labute approximate surface area is 200 Å². The highest BCUT2D eigenvalue weighted by molar-refractivity contribution is 6.01. The van der Waals surface area contributed by atoms with Crippen LogP contribution in [0.1, 0.15) is 97.4 Å². The van der Waals surface area contributed by atoms with E-state index in [1.54, 1.807) is 6.20 Å². The molecule has 2 aliphatic rings. The maximum atomic E-state index is 15.0. The molecule has 0 fully saturated rings. The zero-order chi connectivity index (χ0) is 24.3. The largest absolute Gasteiger partial charge is 0.256 e. The molecule has 0 radical (unpaired) electrons. The Hall–Kier alpha value is -2.22. The van der Waals surface area contributed by atoms with Crippen LogP contribution in [0.5, 0.6) is 0 Å². The SMILES string of the molecule is CCC(C)CC.CCC=CCC1CC=C(C)C2=C1c1nccc3c(F)c(C)cc(c13)C2(C)C. The van der Waals surface area contributed by atoms with Gasteiger partial charge in [-0.2, -0.15) is 0 Å². The third-order valence-electron chi connectivity index (χ3n) is 7.71. The molecular weight excluding hydrogens is 405 g/mol. The highest BCUT2D eigenvalue weighted by Crippen LogP contribution is 2.53. The number of hydrogen-bond acceptors (Lipinski definition) is 1. The van der Waals surface area contributed by atoms with Crippen molar-refractivity contribution in [2.24, 2.45) is 11.8 Å². The van der Waals surface area contributed by atoms with Crippen LogP contribution in [-0.2, 0) is 5.41 Å². The molecule has 33 heavy (non-hydrogen) atoms. The number of rotatable bonds is 5. The molecule has 178 valence electrons. The van der Waals surface area contributed by atoms with Crippen LogP contribution in [0.15, 0.2) is 47.7 Å². The van der Waals surface area contributed by atoms with E-state index in [0.29, 0.717) is 16.9 Å². The first-order valence-corrected chi connectivity index (χ1v) is 12.8. The minimum absolute atomic E-state index is 0.109. The van der Waals surface area contributed by atoms with E-state index >= 15 is 0 Å². The minimum atomic E-state index is -0.157. The smallest absolute Gasteiger partial charge is 0.134 e. The molecule has 4 rings (SSSR count). The number of benzene rings is 1. The van der Waals surface area contributed by atoms with Gasteiger partial charge in [0.1, 0.15) is 5.82 Å². The van der Waals surface area contributed by atoms with Crippen molar-refractivity contribution in [1.82, 2.24) is 4.98 Å². The minimum Gasteiger partial charge on any atom is -0.256 e. The van der Waals surface area contributed by atoms with Crippen molar-refractivity contribution in [2.45, 2.75) is 92.9 Å². The summed E-state index contributed by atoms with van der Waals surface area (Å²) in [6.07, 6.45) is 14.4. The molecule has 1 aromatic heterocycles. The second-order valence-electron chi connectivity index (χ2n) is 10.4. The third-order valence-corrected chi connectivity index (χ3v) is 7.71. The van der Waals surface area contributed by atoms with E-state index in [0.717, 1.165) is 36.3 Å². The molecule has 2 aliphatic carbocycles. The average molecular weight is 448 g/mol. The Bertz CT molecular complexity index is 1100. The van der Waals surface area contributed by atoms with Crippen LogP contribution in [0.2, 0.25) is 0 Å². The predicted octanol–water partition coefficient (Wildman–Crippen LogP) is 9.49. The van der Waals surface area contributed by atoms with Gasteiger partial charge in [0.2, 0.25) is 0 Å². The highest BCUT2D eigenvalue weighted by atomic mass is 19.1. The third kappa shape index (κ3) is 4.72. The molecule has 0 spiro atoms. The summed E-state index contributed by atoms with van der Waals surface area (Å²) in [4.78, 5) is 4.80. The summed E-state index contributed by atoms with van der Waals surface area (Å²) in [6.45, 7) is 17.6. The maximum Gasteiger partial charge on any atom is 0.134 e. The number of allylic oxidation sites excluding steroid dienone is 6. The van der Waals surface area contributed by atoms with E-state index in [1.165, 1.54) is 35.1 Å². The summed E-state index contributed by atoms with van der Waals surface area (Å²) in [5.74, 6) is 1.23. The molecule has 0 aliphatic heterocycles. The number of halogens is 1. The van der Waals surface area contributed by atoms with Gasteiger partial charge >= 0.3 is 0 Å². The second kappa shape index (κ2) is 10.4. The fraction of sp³-hybridized carbons (Fsp3) is 0.516. The van der Waals surface area contributed by atoms with Crippen LogP contribution < -0.4 is 0 Å². The van der Waals surface area contributed by atoms with Gasteiger partial charge in [0.15, 0.2) is 0 Å². The molecule has 0 bridgehead atoms. The van der Waals surface area contributed by atoms with Crippen LogP contribution in [0.25, 0.3) is 16.3 Å². The Morgan fingerprint density at radius 1 is 1.15 bits per heavy atom. The van der Waals surface area contributed by atoms with E-state index in [1.807, 2.05) is 19.1 Å². The van der Waals surface area contributed by atoms with E-state index in [-0.39, 0.29) is 11.2 Å². The average Bonchev–Trinajstić information content (AvgIpc) is 2.80. The molecular formula is C31H42FN. The van der Waals surface area contributed by atoms with Crippen LogP contribution >= 0.6 is 0 Å². The molecule has 1 unspecified atom stereocenters. The van der Waals surface area contributed by atoms with Gasteiger partial charge in [0.25, 0.3) is 0 Å².